The molecule has 0 radical (unpaired) electrons. The molecule has 0 aliphatic rings. The van der Waals surface area contributed by atoms with E-state index in [1.165, 1.54) is 0 Å². The van der Waals surface area contributed by atoms with Crippen molar-refractivity contribution in [3.05, 3.63) is 12.2 Å². The first-order valence-electron chi connectivity index (χ1n) is 4.01. The third-order valence-electron chi connectivity index (χ3n) is 1.20. The Morgan fingerprint density at radius 1 is 1.58 bits per heavy atom. The first-order chi connectivity index (χ1) is 5.31. The van der Waals surface area contributed by atoms with E-state index in [0.717, 1.165) is 5.57 Å². The fourth-order valence-electron chi connectivity index (χ4n) is 0.726. The average Bonchev–Trinajstić information content (AvgIpc) is 1.79. The first kappa shape index (κ1) is 11.2. The highest BCUT2D eigenvalue weighted by Gasteiger charge is 2.15. The molecule has 3 N–H and O–H groups in total. The van der Waals surface area contributed by atoms with Crippen LogP contribution in [-0.2, 0) is 4.79 Å². The van der Waals surface area contributed by atoms with Gasteiger partial charge < -0.3 is 11.1 Å². The SMILES string of the molecule is C=C(C)CNC(=O)CC(C)(C)N. The predicted octanol–water partition coefficient (Wildman–Crippen LogP) is 0.806. The van der Waals surface area contributed by atoms with Gasteiger partial charge in [-0.1, -0.05) is 12.2 Å². The van der Waals surface area contributed by atoms with E-state index in [-0.39, 0.29) is 5.91 Å². The molecule has 0 saturated heterocycles. The van der Waals surface area contributed by atoms with Crippen LogP contribution in [0.4, 0.5) is 0 Å². The molecule has 0 aromatic rings. The number of rotatable bonds is 4. The normalized spacial score (nSPS) is 11.0. The van der Waals surface area contributed by atoms with Gasteiger partial charge in [-0.3, -0.25) is 4.79 Å². The highest BCUT2D eigenvalue weighted by atomic mass is 16.1. The minimum absolute atomic E-state index is 0.0227. The highest BCUT2D eigenvalue weighted by molar-refractivity contribution is 5.77. The largest absolute Gasteiger partial charge is 0.352 e. The van der Waals surface area contributed by atoms with Crippen LogP contribution in [-0.4, -0.2) is 18.0 Å². The Hall–Kier alpha value is -0.830. The fraction of sp³-hybridized carbons (Fsp3) is 0.667. The Labute approximate surface area is 74.0 Å². The van der Waals surface area contributed by atoms with Crippen LogP contribution in [0.1, 0.15) is 27.2 Å². The Balaban J connectivity index is 3.68. The van der Waals surface area contributed by atoms with Gasteiger partial charge in [0.25, 0.3) is 0 Å². The molecule has 0 heterocycles. The molecule has 0 rings (SSSR count). The minimum atomic E-state index is -0.431. The highest BCUT2D eigenvalue weighted by Crippen LogP contribution is 2.02. The molecule has 0 fully saturated rings. The molecule has 0 aromatic heterocycles. The van der Waals surface area contributed by atoms with Gasteiger partial charge in [-0.05, 0) is 20.8 Å². The Kier molecular flexibility index (Phi) is 3.96. The van der Waals surface area contributed by atoms with Gasteiger partial charge in [0.15, 0.2) is 0 Å². The van der Waals surface area contributed by atoms with Gasteiger partial charge in [-0.25, -0.2) is 0 Å². The van der Waals surface area contributed by atoms with Gasteiger partial charge >= 0.3 is 0 Å². The lowest BCUT2D eigenvalue weighted by atomic mass is 10.0. The van der Waals surface area contributed by atoms with Crippen molar-refractivity contribution in [3.8, 4) is 0 Å². The van der Waals surface area contributed by atoms with Crippen LogP contribution in [0, 0.1) is 0 Å². The third-order valence-corrected chi connectivity index (χ3v) is 1.20. The molecule has 0 spiro atoms. The van der Waals surface area contributed by atoms with Crippen LogP contribution >= 0.6 is 0 Å². The van der Waals surface area contributed by atoms with Crippen LogP contribution in [0.3, 0.4) is 0 Å². The summed E-state index contributed by atoms with van der Waals surface area (Å²) in [6.45, 7) is 9.74. The monoisotopic (exact) mass is 170 g/mol. The standard InChI is InChI=1S/C9H18N2O/c1-7(2)6-11-8(12)5-9(3,4)10/h1,5-6,10H2,2-4H3,(H,11,12). The molecule has 70 valence electrons. The van der Waals surface area contributed by atoms with Crippen LogP contribution in [0.25, 0.3) is 0 Å². The summed E-state index contributed by atoms with van der Waals surface area (Å²) in [5.74, 6) is -0.0227. The molecule has 3 heteroatoms. The van der Waals surface area contributed by atoms with Crippen LogP contribution in [0.5, 0.6) is 0 Å². The number of amides is 1. The predicted molar refractivity (Wildman–Crippen MR) is 50.7 cm³/mol. The molecule has 1 amide bonds. The van der Waals surface area contributed by atoms with E-state index < -0.39 is 5.54 Å². The van der Waals surface area contributed by atoms with E-state index >= 15 is 0 Å². The molecule has 12 heavy (non-hydrogen) atoms. The first-order valence-corrected chi connectivity index (χ1v) is 4.01. The van der Waals surface area contributed by atoms with Crippen molar-refractivity contribution in [2.45, 2.75) is 32.7 Å². The second-order valence-corrected chi connectivity index (χ2v) is 3.90. The van der Waals surface area contributed by atoms with Crippen molar-refractivity contribution in [3.63, 3.8) is 0 Å². The quantitative estimate of drug-likeness (QED) is 0.613. The van der Waals surface area contributed by atoms with Gasteiger partial charge in [-0.2, -0.15) is 0 Å². The van der Waals surface area contributed by atoms with Gasteiger partial charge in [0.1, 0.15) is 0 Å². The summed E-state index contributed by atoms with van der Waals surface area (Å²) in [5, 5.41) is 2.72. The fourth-order valence-corrected chi connectivity index (χ4v) is 0.726. The Morgan fingerprint density at radius 2 is 2.08 bits per heavy atom. The maximum absolute atomic E-state index is 11.1. The topological polar surface area (TPSA) is 55.1 Å². The molecule has 0 aliphatic carbocycles. The van der Waals surface area contributed by atoms with Crippen molar-refractivity contribution in [1.29, 1.82) is 0 Å². The summed E-state index contributed by atoms with van der Waals surface area (Å²) in [6.07, 6.45) is 0.347. The molecule has 0 unspecified atom stereocenters. The van der Waals surface area contributed by atoms with Crippen molar-refractivity contribution < 1.29 is 4.79 Å². The lowest BCUT2D eigenvalue weighted by Gasteiger charge is -2.17. The minimum Gasteiger partial charge on any atom is -0.352 e. The number of nitrogens with two attached hydrogens (primary N) is 1. The number of hydrogen-bond donors (Lipinski definition) is 2. The Bertz CT molecular complexity index is 179. The lowest BCUT2D eigenvalue weighted by molar-refractivity contribution is -0.121. The summed E-state index contributed by atoms with van der Waals surface area (Å²) in [7, 11) is 0. The van der Waals surface area contributed by atoms with E-state index in [1.54, 1.807) is 0 Å². The molecule has 0 aromatic carbocycles. The van der Waals surface area contributed by atoms with Gasteiger partial charge in [0.2, 0.25) is 5.91 Å². The number of carbonyl (C=O) groups is 1. The van der Waals surface area contributed by atoms with E-state index in [9.17, 15) is 4.79 Å². The molecular formula is C9H18N2O. The zero-order valence-electron chi connectivity index (χ0n) is 8.11. The summed E-state index contributed by atoms with van der Waals surface area (Å²) in [5.41, 5.74) is 6.17. The molecule has 3 nitrogen and oxygen atoms in total. The van der Waals surface area contributed by atoms with E-state index in [1.807, 2.05) is 20.8 Å². The lowest BCUT2D eigenvalue weighted by Crippen LogP contribution is -2.39. The molecule has 0 saturated carbocycles. The maximum atomic E-state index is 11.1. The van der Waals surface area contributed by atoms with Gasteiger partial charge in [0, 0.05) is 18.5 Å². The second-order valence-electron chi connectivity index (χ2n) is 3.90. The van der Waals surface area contributed by atoms with E-state index in [2.05, 4.69) is 11.9 Å². The maximum Gasteiger partial charge on any atom is 0.222 e. The zero-order valence-corrected chi connectivity index (χ0v) is 8.11. The summed E-state index contributed by atoms with van der Waals surface area (Å²) in [6, 6.07) is 0. The van der Waals surface area contributed by atoms with Crippen molar-refractivity contribution in [1.82, 2.24) is 5.32 Å². The number of carbonyl (C=O) groups excluding carboxylic acids is 1. The molecular weight excluding hydrogens is 152 g/mol. The van der Waals surface area contributed by atoms with Crippen LogP contribution in [0.2, 0.25) is 0 Å². The third kappa shape index (κ3) is 7.28. The van der Waals surface area contributed by atoms with E-state index in [0.29, 0.717) is 13.0 Å². The molecule has 0 atom stereocenters. The smallest absolute Gasteiger partial charge is 0.222 e. The summed E-state index contributed by atoms with van der Waals surface area (Å²) in [4.78, 5) is 11.1. The van der Waals surface area contributed by atoms with Crippen LogP contribution < -0.4 is 11.1 Å². The van der Waals surface area contributed by atoms with Crippen LogP contribution in [0.15, 0.2) is 12.2 Å². The Morgan fingerprint density at radius 3 is 2.42 bits per heavy atom. The van der Waals surface area contributed by atoms with Gasteiger partial charge in [0.05, 0.1) is 0 Å². The van der Waals surface area contributed by atoms with Crippen molar-refractivity contribution in [2.24, 2.45) is 5.73 Å². The van der Waals surface area contributed by atoms with Crippen molar-refractivity contribution in [2.75, 3.05) is 6.54 Å². The average molecular weight is 170 g/mol. The zero-order chi connectivity index (χ0) is 9.78. The number of nitrogens with one attached hydrogen (secondary N) is 1. The molecule has 0 aliphatic heterocycles. The summed E-state index contributed by atoms with van der Waals surface area (Å²) >= 11 is 0. The molecule has 0 bridgehead atoms. The number of hydrogen-bond acceptors (Lipinski definition) is 2. The van der Waals surface area contributed by atoms with Gasteiger partial charge in [-0.15, -0.1) is 0 Å². The second kappa shape index (κ2) is 4.26. The summed E-state index contributed by atoms with van der Waals surface area (Å²) < 4.78 is 0. The van der Waals surface area contributed by atoms with Crippen molar-refractivity contribution >= 4 is 5.91 Å². The van der Waals surface area contributed by atoms with E-state index in [4.69, 9.17) is 5.73 Å².